The molecule has 6 heteroatoms. The van der Waals surface area contributed by atoms with Crippen molar-refractivity contribution in [3.63, 3.8) is 0 Å². The van der Waals surface area contributed by atoms with Crippen LogP contribution in [0.15, 0.2) is 38.8 Å². The molecule has 0 bridgehead atoms. The van der Waals surface area contributed by atoms with E-state index in [-0.39, 0.29) is 17.5 Å². The molecule has 4 nitrogen and oxygen atoms in total. The summed E-state index contributed by atoms with van der Waals surface area (Å²) in [6.45, 7) is 2.16. The first kappa shape index (κ1) is 16.8. The summed E-state index contributed by atoms with van der Waals surface area (Å²) in [4.78, 5) is 0.954. The van der Waals surface area contributed by atoms with E-state index in [4.69, 9.17) is 5.73 Å². The second-order valence-corrected chi connectivity index (χ2v) is 8.28. The van der Waals surface area contributed by atoms with Crippen LogP contribution >= 0.6 is 27.3 Å². The maximum absolute atomic E-state index is 9.90. The van der Waals surface area contributed by atoms with Crippen molar-refractivity contribution in [2.24, 2.45) is 23.0 Å². The highest BCUT2D eigenvalue weighted by Crippen LogP contribution is 2.57. The highest BCUT2D eigenvalue weighted by molar-refractivity contribution is 9.10. The third kappa shape index (κ3) is 2.28. The summed E-state index contributed by atoms with van der Waals surface area (Å²) >= 11 is 4.97. The van der Waals surface area contributed by atoms with Gasteiger partial charge in [-0.25, -0.2) is 0 Å². The fourth-order valence-corrected chi connectivity index (χ4v) is 5.55. The Labute approximate surface area is 153 Å². The monoisotopic (exact) mass is 398 g/mol. The van der Waals surface area contributed by atoms with E-state index in [0.717, 1.165) is 27.8 Å². The van der Waals surface area contributed by atoms with Gasteiger partial charge in [0.1, 0.15) is 6.07 Å². The number of hydrogen-bond donors (Lipinski definition) is 1. The molecule has 0 aromatic carbocycles. The molecular formula is C18H15BrN4S. The van der Waals surface area contributed by atoms with Gasteiger partial charge in [-0.2, -0.15) is 15.8 Å². The number of nitriles is 3. The lowest BCUT2D eigenvalue weighted by Gasteiger charge is -2.43. The van der Waals surface area contributed by atoms with Crippen LogP contribution in [0.4, 0.5) is 0 Å². The number of hydrogen-bond acceptors (Lipinski definition) is 5. The van der Waals surface area contributed by atoms with Crippen molar-refractivity contribution in [1.29, 1.82) is 15.8 Å². The molecule has 0 saturated heterocycles. The van der Waals surface area contributed by atoms with Crippen molar-refractivity contribution in [2.75, 3.05) is 0 Å². The maximum atomic E-state index is 9.90. The highest BCUT2D eigenvalue weighted by Gasteiger charge is 2.54. The van der Waals surface area contributed by atoms with Gasteiger partial charge in [0.2, 0.25) is 0 Å². The Morgan fingerprint density at radius 2 is 2.04 bits per heavy atom. The first-order valence-corrected chi connectivity index (χ1v) is 9.33. The van der Waals surface area contributed by atoms with E-state index in [1.807, 2.05) is 11.4 Å². The van der Waals surface area contributed by atoms with Gasteiger partial charge in [0.05, 0.1) is 23.4 Å². The maximum Gasteiger partial charge on any atom is 0.192 e. The van der Waals surface area contributed by atoms with Crippen LogP contribution in [0.2, 0.25) is 0 Å². The lowest BCUT2D eigenvalue weighted by atomic mass is 9.57. The standard InChI is InChI=1S/C18H15BrN4S/c1-10-2-3-12-13(4-10)16(15-5-11(19)7-24-15)18(8-21,9-22)17(23)14(12)6-20/h3,5,7,10,13,16H,2,4,23H2,1H3/t10?,13-,16-/m0/s1. The van der Waals surface area contributed by atoms with Gasteiger partial charge in [-0.3, -0.25) is 0 Å². The average Bonchev–Trinajstić information content (AvgIpc) is 3.00. The SMILES string of the molecule is CC1CC=C2C(C#N)=C(N)C(C#N)(C#N)[C@H](c3cc(Br)cs3)[C@H]2C1. The molecule has 0 aliphatic heterocycles. The van der Waals surface area contributed by atoms with Crippen molar-refractivity contribution < 1.29 is 0 Å². The van der Waals surface area contributed by atoms with E-state index in [9.17, 15) is 15.8 Å². The molecule has 0 fully saturated rings. The first-order valence-electron chi connectivity index (χ1n) is 7.65. The molecule has 0 radical (unpaired) electrons. The Balaban J connectivity index is 2.33. The second-order valence-electron chi connectivity index (χ2n) is 6.42. The quantitative estimate of drug-likeness (QED) is 0.759. The number of nitrogens with two attached hydrogens (primary N) is 1. The number of rotatable bonds is 1. The van der Waals surface area contributed by atoms with Crippen LogP contribution in [0.25, 0.3) is 0 Å². The third-order valence-electron chi connectivity index (χ3n) is 5.01. The second kappa shape index (κ2) is 6.10. The van der Waals surface area contributed by atoms with Crippen molar-refractivity contribution in [3.05, 3.63) is 43.7 Å². The molecule has 1 unspecified atom stereocenters. The minimum atomic E-state index is -1.51. The van der Waals surface area contributed by atoms with E-state index in [1.165, 1.54) is 11.3 Å². The molecule has 2 N–H and O–H groups in total. The molecule has 1 aromatic heterocycles. The molecule has 3 rings (SSSR count). The van der Waals surface area contributed by atoms with Crippen molar-refractivity contribution >= 4 is 27.3 Å². The number of fused-ring (bicyclic) bond motifs is 1. The summed E-state index contributed by atoms with van der Waals surface area (Å²) in [6, 6.07) is 8.42. The molecule has 3 atom stereocenters. The lowest BCUT2D eigenvalue weighted by Crippen LogP contribution is -2.43. The summed E-state index contributed by atoms with van der Waals surface area (Å²) in [5.74, 6) is 0.0504. The topological polar surface area (TPSA) is 97.4 Å². The summed E-state index contributed by atoms with van der Waals surface area (Å²) in [5.41, 5.74) is 6.05. The van der Waals surface area contributed by atoms with Crippen molar-refractivity contribution in [3.8, 4) is 18.2 Å². The first-order chi connectivity index (χ1) is 11.5. The third-order valence-corrected chi connectivity index (χ3v) is 6.78. The summed E-state index contributed by atoms with van der Waals surface area (Å²) in [5, 5.41) is 31.3. The number of nitrogens with zero attached hydrogens (tertiary/aromatic N) is 3. The number of allylic oxidation sites excluding steroid dienone is 4. The normalized spacial score (nSPS) is 28.1. The van der Waals surface area contributed by atoms with Gasteiger partial charge in [0.25, 0.3) is 0 Å². The predicted octanol–water partition coefficient (Wildman–Crippen LogP) is 4.35. The zero-order valence-electron chi connectivity index (χ0n) is 13.1. The molecule has 0 spiro atoms. The van der Waals surface area contributed by atoms with Crippen LogP contribution in [0.3, 0.4) is 0 Å². The highest BCUT2D eigenvalue weighted by atomic mass is 79.9. The Hall–Kier alpha value is -2.07. The van der Waals surface area contributed by atoms with Crippen LogP contribution < -0.4 is 5.73 Å². The van der Waals surface area contributed by atoms with Crippen LogP contribution in [-0.2, 0) is 0 Å². The van der Waals surface area contributed by atoms with Crippen LogP contribution in [0.5, 0.6) is 0 Å². The smallest absolute Gasteiger partial charge is 0.192 e. The Morgan fingerprint density at radius 3 is 2.58 bits per heavy atom. The molecule has 1 heterocycles. The van der Waals surface area contributed by atoms with E-state index in [2.05, 4.69) is 47.1 Å². The van der Waals surface area contributed by atoms with Crippen LogP contribution in [-0.4, -0.2) is 0 Å². The Morgan fingerprint density at radius 1 is 1.33 bits per heavy atom. The van der Waals surface area contributed by atoms with Gasteiger partial charge in [0, 0.05) is 20.6 Å². The van der Waals surface area contributed by atoms with E-state index < -0.39 is 5.41 Å². The fraction of sp³-hybridized carbons (Fsp3) is 0.389. The number of halogens is 1. The van der Waals surface area contributed by atoms with Crippen molar-refractivity contribution in [1.82, 2.24) is 0 Å². The summed E-state index contributed by atoms with van der Waals surface area (Å²) in [7, 11) is 0. The predicted molar refractivity (Wildman–Crippen MR) is 95.2 cm³/mol. The molecule has 24 heavy (non-hydrogen) atoms. The van der Waals surface area contributed by atoms with Crippen LogP contribution in [0, 0.1) is 51.2 Å². The summed E-state index contributed by atoms with van der Waals surface area (Å²) < 4.78 is 0.926. The van der Waals surface area contributed by atoms with E-state index >= 15 is 0 Å². The van der Waals surface area contributed by atoms with E-state index in [1.54, 1.807) is 0 Å². The van der Waals surface area contributed by atoms with Gasteiger partial charge < -0.3 is 5.73 Å². The summed E-state index contributed by atoms with van der Waals surface area (Å²) in [6.07, 6.45) is 3.80. The van der Waals surface area contributed by atoms with Gasteiger partial charge in [-0.05, 0) is 52.2 Å². The van der Waals surface area contributed by atoms with Gasteiger partial charge in [-0.1, -0.05) is 13.0 Å². The Kier molecular flexibility index (Phi) is 4.26. The molecule has 2 aliphatic rings. The van der Waals surface area contributed by atoms with Gasteiger partial charge in [0.15, 0.2) is 5.41 Å². The minimum absolute atomic E-state index is 0.0412. The minimum Gasteiger partial charge on any atom is -0.399 e. The molecule has 120 valence electrons. The molecule has 0 amide bonds. The largest absolute Gasteiger partial charge is 0.399 e. The van der Waals surface area contributed by atoms with Crippen molar-refractivity contribution in [2.45, 2.75) is 25.7 Å². The molecule has 0 saturated carbocycles. The molecular weight excluding hydrogens is 384 g/mol. The fourth-order valence-electron chi connectivity index (χ4n) is 3.87. The lowest BCUT2D eigenvalue weighted by molar-refractivity contribution is 0.287. The molecule has 1 aromatic rings. The number of thiophene rings is 1. The Bertz CT molecular complexity index is 860. The van der Waals surface area contributed by atoms with Gasteiger partial charge >= 0.3 is 0 Å². The zero-order valence-corrected chi connectivity index (χ0v) is 15.5. The van der Waals surface area contributed by atoms with E-state index in [0.29, 0.717) is 11.5 Å². The van der Waals surface area contributed by atoms with Crippen LogP contribution in [0.1, 0.15) is 30.6 Å². The average molecular weight is 399 g/mol. The zero-order chi connectivity index (χ0) is 17.5. The van der Waals surface area contributed by atoms with Gasteiger partial charge in [-0.15, -0.1) is 11.3 Å². The molecule has 2 aliphatic carbocycles.